The van der Waals surface area contributed by atoms with Crippen molar-refractivity contribution in [3.05, 3.63) is 29.8 Å². The number of hydrogen-bond donors (Lipinski definition) is 2. The minimum atomic E-state index is -1.05. The summed E-state index contributed by atoms with van der Waals surface area (Å²) in [7, 11) is 0. The van der Waals surface area contributed by atoms with Gasteiger partial charge in [0, 0.05) is 12.5 Å². The lowest BCUT2D eigenvalue weighted by Crippen LogP contribution is -2.51. The number of carbonyl (C=O) groups is 2. The van der Waals surface area contributed by atoms with E-state index in [4.69, 9.17) is 9.47 Å². The van der Waals surface area contributed by atoms with Crippen molar-refractivity contribution in [3.8, 4) is 5.75 Å². The molecule has 3 unspecified atom stereocenters. The minimum Gasteiger partial charge on any atom is -0.481 e. The number of hydrogen-bond acceptors (Lipinski definition) is 4. The van der Waals surface area contributed by atoms with Crippen LogP contribution in [0.5, 0.6) is 5.75 Å². The van der Waals surface area contributed by atoms with Gasteiger partial charge in [0.2, 0.25) is 0 Å². The molecule has 0 aromatic heterocycles. The van der Waals surface area contributed by atoms with Crippen molar-refractivity contribution in [3.63, 3.8) is 0 Å². The SMILES string of the molecule is Cc1ccc(OC(C)C(=O)NC(C(=O)O)C2CCCOC2)cc1. The first-order valence-corrected chi connectivity index (χ1v) is 7.81. The van der Waals surface area contributed by atoms with Crippen molar-refractivity contribution in [1.82, 2.24) is 5.32 Å². The van der Waals surface area contributed by atoms with Crippen molar-refractivity contribution < 1.29 is 24.2 Å². The van der Waals surface area contributed by atoms with Crippen LogP contribution in [0, 0.1) is 12.8 Å². The number of benzene rings is 1. The van der Waals surface area contributed by atoms with Crippen LogP contribution in [0.25, 0.3) is 0 Å². The third-order valence-corrected chi connectivity index (χ3v) is 3.93. The lowest BCUT2D eigenvalue weighted by atomic mass is 9.93. The first kappa shape index (κ1) is 17.3. The van der Waals surface area contributed by atoms with Crippen LogP contribution in [0.3, 0.4) is 0 Å². The van der Waals surface area contributed by atoms with Gasteiger partial charge in [-0.1, -0.05) is 17.7 Å². The average molecular weight is 321 g/mol. The highest BCUT2D eigenvalue weighted by Gasteiger charge is 2.32. The van der Waals surface area contributed by atoms with Gasteiger partial charge in [-0.3, -0.25) is 4.79 Å². The standard InChI is InChI=1S/C17H23NO5/c1-11-5-7-14(8-6-11)23-12(2)16(19)18-15(17(20)21)13-4-3-9-22-10-13/h5-8,12-13,15H,3-4,9-10H2,1-2H3,(H,18,19)(H,20,21). The number of rotatable bonds is 6. The Bertz CT molecular complexity index is 536. The lowest BCUT2D eigenvalue weighted by Gasteiger charge is -2.28. The Morgan fingerprint density at radius 2 is 2.04 bits per heavy atom. The highest BCUT2D eigenvalue weighted by molar-refractivity contribution is 5.86. The number of carbonyl (C=O) groups excluding carboxylic acids is 1. The van der Waals surface area contributed by atoms with Crippen LogP contribution in [0.2, 0.25) is 0 Å². The van der Waals surface area contributed by atoms with E-state index in [0.717, 1.165) is 18.4 Å². The second-order valence-corrected chi connectivity index (χ2v) is 5.87. The van der Waals surface area contributed by atoms with Crippen LogP contribution in [0.4, 0.5) is 0 Å². The molecule has 1 fully saturated rings. The lowest BCUT2D eigenvalue weighted by molar-refractivity contribution is -0.146. The van der Waals surface area contributed by atoms with Crippen molar-refractivity contribution in [2.45, 2.75) is 38.8 Å². The number of amides is 1. The van der Waals surface area contributed by atoms with Gasteiger partial charge >= 0.3 is 5.97 Å². The van der Waals surface area contributed by atoms with Crippen LogP contribution in [-0.2, 0) is 14.3 Å². The number of carboxylic acid groups (broad SMARTS) is 1. The van der Waals surface area contributed by atoms with E-state index in [9.17, 15) is 14.7 Å². The van der Waals surface area contributed by atoms with Crippen molar-refractivity contribution in [2.24, 2.45) is 5.92 Å². The molecule has 6 heteroatoms. The van der Waals surface area contributed by atoms with Crippen molar-refractivity contribution in [1.29, 1.82) is 0 Å². The van der Waals surface area contributed by atoms with Gasteiger partial charge in [-0.2, -0.15) is 0 Å². The molecule has 23 heavy (non-hydrogen) atoms. The summed E-state index contributed by atoms with van der Waals surface area (Å²) in [4.78, 5) is 23.7. The molecule has 1 aromatic rings. The molecule has 1 aliphatic heterocycles. The van der Waals surface area contributed by atoms with E-state index < -0.39 is 24.0 Å². The number of carboxylic acids is 1. The minimum absolute atomic E-state index is 0.211. The molecule has 1 saturated heterocycles. The molecule has 0 saturated carbocycles. The molecule has 0 radical (unpaired) electrons. The summed E-state index contributed by atoms with van der Waals surface area (Å²) in [5.74, 6) is -1.12. The van der Waals surface area contributed by atoms with Gasteiger partial charge in [-0.05, 0) is 38.8 Å². The third-order valence-electron chi connectivity index (χ3n) is 3.93. The molecule has 2 N–H and O–H groups in total. The molecule has 1 aliphatic rings. The maximum Gasteiger partial charge on any atom is 0.326 e. The van der Waals surface area contributed by atoms with Crippen LogP contribution >= 0.6 is 0 Å². The maximum absolute atomic E-state index is 12.2. The zero-order chi connectivity index (χ0) is 16.8. The zero-order valence-corrected chi connectivity index (χ0v) is 13.5. The Labute approximate surface area is 135 Å². The van der Waals surface area contributed by atoms with Gasteiger partial charge in [0.15, 0.2) is 6.10 Å². The van der Waals surface area contributed by atoms with Crippen molar-refractivity contribution >= 4 is 11.9 Å². The Hall–Kier alpha value is -2.08. The van der Waals surface area contributed by atoms with Crippen LogP contribution in [0.1, 0.15) is 25.3 Å². The summed E-state index contributed by atoms with van der Waals surface area (Å²) in [5.41, 5.74) is 1.10. The molecule has 126 valence electrons. The van der Waals surface area contributed by atoms with E-state index >= 15 is 0 Å². The van der Waals surface area contributed by atoms with E-state index in [1.807, 2.05) is 19.1 Å². The van der Waals surface area contributed by atoms with Crippen LogP contribution in [-0.4, -0.2) is 42.3 Å². The van der Waals surface area contributed by atoms with Crippen LogP contribution < -0.4 is 10.1 Å². The van der Waals surface area contributed by atoms with Gasteiger partial charge in [0.1, 0.15) is 11.8 Å². The molecular weight excluding hydrogens is 298 g/mol. The number of aliphatic carboxylic acids is 1. The molecule has 0 aliphatic carbocycles. The molecular formula is C17H23NO5. The fourth-order valence-electron chi connectivity index (χ4n) is 2.55. The van der Waals surface area contributed by atoms with Crippen LogP contribution in [0.15, 0.2) is 24.3 Å². The summed E-state index contributed by atoms with van der Waals surface area (Å²) >= 11 is 0. The average Bonchev–Trinajstić information content (AvgIpc) is 2.55. The monoisotopic (exact) mass is 321 g/mol. The Morgan fingerprint density at radius 3 is 2.61 bits per heavy atom. The van der Waals surface area contributed by atoms with E-state index in [2.05, 4.69) is 5.32 Å². The zero-order valence-electron chi connectivity index (χ0n) is 13.5. The topological polar surface area (TPSA) is 84.9 Å². The summed E-state index contributed by atoms with van der Waals surface area (Å²) in [5, 5.41) is 11.9. The fraction of sp³-hybridized carbons (Fsp3) is 0.529. The predicted molar refractivity (Wildman–Crippen MR) is 84.4 cm³/mol. The maximum atomic E-state index is 12.2. The summed E-state index contributed by atoms with van der Waals surface area (Å²) in [6.07, 6.45) is 0.758. The second kappa shape index (κ2) is 7.97. The first-order chi connectivity index (χ1) is 11.0. The highest BCUT2D eigenvalue weighted by Crippen LogP contribution is 2.18. The summed E-state index contributed by atoms with van der Waals surface area (Å²) in [6, 6.07) is 6.39. The van der Waals surface area contributed by atoms with E-state index in [1.165, 1.54) is 0 Å². The van der Waals surface area contributed by atoms with E-state index in [0.29, 0.717) is 19.0 Å². The molecule has 3 atom stereocenters. The smallest absolute Gasteiger partial charge is 0.326 e. The first-order valence-electron chi connectivity index (χ1n) is 7.81. The largest absolute Gasteiger partial charge is 0.481 e. The third kappa shape index (κ3) is 4.96. The number of aryl methyl sites for hydroxylation is 1. The highest BCUT2D eigenvalue weighted by atomic mass is 16.5. The molecule has 2 rings (SSSR count). The molecule has 6 nitrogen and oxygen atoms in total. The predicted octanol–water partition coefficient (Wildman–Crippen LogP) is 1.76. The summed E-state index contributed by atoms with van der Waals surface area (Å²) < 4.78 is 10.9. The van der Waals surface area contributed by atoms with Gasteiger partial charge in [-0.15, -0.1) is 0 Å². The van der Waals surface area contributed by atoms with Gasteiger partial charge < -0.3 is 19.9 Å². The summed E-state index contributed by atoms with van der Waals surface area (Å²) in [6.45, 7) is 4.56. The molecule has 1 heterocycles. The van der Waals surface area contributed by atoms with Gasteiger partial charge in [0.05, 0.1) is 6.61 Å². The Kier molecular flexibility index (Phi) is 5.98. The molecule has 0 spiro atoms. The molecule has 1 aromatic carbocycles. The van der Waals surface area contributed by atoms with Gasteiger partial charge in [-0.25, -0.2) is 4.79 Å². The van der Waals surface area contributed by atoms with Crippen molar-refractivity contribution in [2.75, 3.05) is 13.2 Å². The Balaban J connectivity index is 1.94. The molecule has 1 amide bonds. The fourth-order valence-corrected chi connectivity index (χ4v) is 2.55. The Morgan fingerprint density at radius 1 is 1.35 bits per heavy atom. The van der Waals surface area contributed by atoms with Gasteiger partial charge in [0.25, 0.3) is 5.91 Å². The molecule has 0 bridgehead atoms. The number of nitrogens with one attached hydrogen (secondary N) is 1. The normalized spacial score (nSPS) is 20.3. The van der Waals surface area contributed by atoms with E-state index in [1.54, 1.807) is 19.1 Å². The second-order valence-electron chi connectivity index (χ2n) is 5.87. The number of ether oxygens (including phenoxy) is 2. The van der Waals surface area contributed by atoms with E-state index in [-0.39, 0.29) is 5.92 Å². The quantitative estimate of drug-likeness (QED) is 0.834.